The minimum atomic E-state index is -1.23. The van der Waals surface area contributed by atoms with E-state index >= 15 is 0 Å². The third kappa shape index (κ3) is 5.94. The quantitative estimate of drug-likeness (QED) is 0.170. The van der Waals surface area contributed by atoms with E-state index in [0.29, 0.717) is 12.0 Å². The van der Waals surface area contributed by atoms with E-state index in [9.17, 15) is 25.1 Å². The lowest BCUT2D eigenvalue weighted by Crippen LogP contribution is -2.34. The van der Waals surface area contributed by atoms with E-state index in [1.54, 1.807) is 19.1 Å². The van der Waals surface area contributed by atoms with Crippen LogP contribution in [0.4, 0.5) is 0 Å². The Labute approximate surface area is 220 Å². The third-order valence-electron chi connectivity index (χ3n) is 6.55. The predicted molar refractivity (Wildman–Crippen MR) is 140 cm³/mol. The lowest BCUT2D eigenvalue weighted by atomic mass is 9.80. The highest BCUT2D eigenvalue weighted by molar-refractivity contribution is 5.99. The van der Waals surface area contributed by atoms with Gasteiger partial charge in [0.1, 0.15) is 12.4 Å². The maximum absolute atomic E-state index is 13.5. The summed E-state index contributed by atoms with van der Waals surface area (Å²) in [5, 5.41) is 32.1. The molecule has 0 saturated carbocycles. The molecule has 1 aliphatic rings. The van der Waals surface area contributed by atoms with Crippen molar-refractivity contribution in [3.8, 4) is 5.75 Å². The van der Waals surface area contributed by atoms with E-state index in [1.165, 1.54) is 12.1 Å². The Morgan fingerprint density at radius 2 is 1.55 bits per heavy atom. The summed E-state index contributed by atoms with van der Waals surface area (Å²) in [4.78, 5) is 30.1. The van der Waals surface area contributed by atoms with Crippen molar-refractivity contribution in [1.29, 1.82) is 0 Å². The first-order chi connectivity index (χ1) is 18.4. The van der Waals surface area contributed by atoms with Crippen LogP contribution in [0.5, 0.6) is 5.75 Å². The second kappa shape index (κ2) is 12.2. The van der Waals surface area contributed by atoms with E-state index in [4.69, 9.17) is 4.74 Å². The van der Waals surface area contributed by atoms with Gasteiger partial charge in [0.2, 0.25) is 0 Å². The van der Waals surface area contributed by atoms with Crippen molar-refractivity contribution in [2.75, 3.05) is 13.2 Å². The molecule has 8 nitrogen and oxygen atoms in total. The molecule has 0 amide bonds. The van der Waals surface area contributed by atoms with Gasteiger partial charge in [-0.3, -0.25) is 5.26 Å². The Morgan fingerprint density at radius 3 is 2.11 bits per heavy atom. The summed E-state index contributed by atoms with van der Waals surface area (Å²) >= 11 is 0. The van der Waals surface area contributed by atoms with Crippen molar-refractivity contribution >= 4 is 11.9 Å². The zero-order valence-electron chi connectivity index (χ0n) is 20.8. The summed E-state index contributed by atoms with van der Waals surface area (Å²) in [5.41, 5.74) is 2.91. The van der Waals surface area contributed by atoms with Crippen LogP contribution in [0.2, 0.25) is 0 Å². The molecule has 196 valence electrons. The fourth-order valence-electron chi connectivity index (χ4n) is 4.88. The molecule has 3 aromatic rings. The van der Waals surface area contributed by atoms with E-state index in [-0.39, 0.29) is 47.4 Å². The molecule has 0 aliphatic carbocycles. The molecule has 0 spiro atoms. The van der Waals surface area contributed by atoms with Crippen molar-refractivity contribution < 1.29 is 34.7 Å². The monoisotopic (exact) mass is 515 g/mol. The first-order valence-electron chi connectivity index (χ1n) is 12.2. The van der Waals surface area contributed by atoms with Crippen molar-refractivity contribution in [2.24, 2.45) is 0 Å². The van der Waals surface area contributed by atoms with Crippen molar-refractivity contribution in [1.82, 2.24) is 5.32 Å². The summed E-state index contributed by atoms with van der Waals surface area (Å²) in [6.07, 6.45) is 0.490. The van der Waals surface area contributed by atoms with Crippen LogP contribution in [0.15, 0.2) is 107 Å². The van der Waals surface area contributed by atoms with Gasteiger partial charge >= 0.3 is 11.9 Å². The van der Waals surface area contributed by atoms with Gasteiger partial charge in [-0.2, -0.15) is 0 Å². The topological polar surface area (TPSA) is 125 Å². The zero-order valence-corrected chi connectivity index (χ0v) is 20.8. The number of rotatable bonds is 10. The van der Waals surface area contributed by atoms with E-state index < -0.39 is 17.9 Å². The van der Waals surface area contributed by atoms with Crippen LogP contribution >= 0.6 is 0 Å². The Balaban J connectivity index is 1.64. The molecule has 8 heteroatoms. The smallest absolute Gasteiger partial charge is 0.336 e. The van der Waals surface area contributed by atoms with Crippen molar-refractivity contribution in [3.63, 3.8) is 0 Å². The molecule has 3 aromatic carbocycles. The Hall–Kier alpha value is -4.40. The number of nitrogens with one attached hydrogen (secondary N) is 1. The van der Waals surface area contributed by atoms with Gasteiger partial charge in [-0.25, -0.2) is 14.5 Å². The number of aromatic hydroxyl groups is 1. The molecule has 4 N–H and O–H groups in total. The number of benzene rings is 3. The number of carbonyl (C=O) groups excluding carboxylic acids is 1. The molecule has 38 heavy (non-hydrogen) atoms. The molecule has 1 aliphatic heterocycles. The number of ether oxygens (including phenoxy) is 1. The average Bonchev–Trinajstić information content (AvgIpc) is 2.91. The summed E-state index contributed by atoms with van der Waals surface area (Å²) in [6, 6.07) is 25.8. The molecule has 1 atom stereocenters. The van der Waals surface area contributed by atoms with Gasteiger partial charge in [0.15, 0.2) is 0 Å². The largest absolute Gasteiger partial charge is 0.508 e. The molecular weight excluding hydrogens is 486 g/mol. The number of allylic oxidation sites excluding steroid dienone is 1. The second-order valence-electron chi connectivity index (χ2n) is 8.96. The van der Waals surface area contributed by atoms with Crippen LogP contribution in [-0.2, 0) is 19.2 Å². The van der Waals surface area contributed by atoms with Crippen LogP contribution in [0.3, 0.4) is 0 Å². The SMILES string of the molecule is CC1=C(C(=O)O)C(c2cccc(O)c2)C(C(=O)OCCC(c2ccccc2)c2ccccc2)=C(COO)N1. The number of phenols is 1. The number of carboxylic acids is 1. The minimum Gasteiger partial charge on any atom is -0.508 e. The maximum Gasteiger partial charge on any atom is 0.336 e. The number of hydrogen-bond acceptors (Lipinski definition) is 7. The van der Waals surface area contributed by atoms with Gasteiger partial charge in [-0.05, 0) is 42.2 Å². The number of phenolic OH excluding ortho intramolecular Hbond substituents is 1. The molecule has 0 saturated heterocycles. The maximum atomic E-state index is 13.5. The highest BCUT2D eigenvalue weighted by Crippen LogP contribution is 2.40. The van der Waals surface area contributed by atoms with Crippen LogP contribution in [0, 0.1) is 0 Å². The number of hydrogen-bond donors (Lipinski definition) is 4. The standard InChI is InChI=1S/C30H29NO7/c1-19-26(29(33)34)27(22-13-8-14-23(32)17-22)28(25(31-19)18-38-36)30(35)37-16-15-24(20-9-4-2-5-10-20)21-11-6-3-7-12-21/h2-14,17,24,27,31-32,36H,15-16,18H2,1H3,(H,33,34). The molecule has 1 unspecified atom stereocenters. The highest BCUT2D eigenvalue weighted by Gasteiger charge is 2.38. The van der Waals surface area contributed by atoms with Gasteiger partial charge in [-0.1, -0.05) is 72.8 Å². The number of dihydropyridines is 1. The third-order valence-corrected chi connectivity index (χ3v) is 6.55. The van der Waals surface area contributed by atoms with Gasteiger partial charge in [0.05, 0.1) is 29.4 Å². The Bertz CT molecular complexity index is 1310. The Morgan fingerprint density at radius 1 is 0.921 bits per heavy atom. The average molecular weight is 516 g/mol. The minimum absolute atomic E-state index is 0.0105. The van der Waals surface area contributed by atoms with Gasteiger partial charge < -0.3 is 20.3 Å². The number of carbonyl (C=O) groups is 2. The Kier molecular flexibility index (Phi) is 8.58. The zero-order chi connectivity index (χ0) is 27.1. The summed E-state index contributed by atoms with van der Waals surface area (Å²) in [5.74, 6) is -3.14. The van der Waals surface area contributed by atoms with Crippen molar-refractivity contribution in [3.05, 3.63) is 124 Å². The molecule has 1 heterocycles. The molecule has 0 bridgehead atoms. The highest BCUT2D eigenvalue weighted by atomic mass is 17.1. The van der Waals surface area contributed by atoms with Gasteiger partial charge in [0.25, 0.3) is 0 Å². The fraction of sp³-hybridized carbons (Fsp3) is 0.200. The van der Waals surface area contributed by atoms with Crippen LogP contribution < -0.4 is 5.32 Å². The second-order valence-corrected chi connectivity index (χ2v) is 8.96. The molecule has 0 aromatic heterocycles. The first kappa shape index (κ1) is 26.7. The number of aliphatic carboxylic acids is 1. The van der Waals surface area contributed by atoms with Crippen LogP contribution in [-0.4, -0.2) is 40.6 Å². The fourth-order valence-corrected chi connectivity index (χ4v) is 4.88. The lowest BCUT2D eigenvalue weighted by Gasteiger charge is -2.30. The number of esters is 1. The molecule has 0 fully saturated rings. The molecule has 4 rings (SSSR count). The van der Waals surface area contributed by atoms with E-state index in [1.807, 2.05) is 60.7 Å². The first-order valence-corrected chi connectivity index (χ1v) is 12.2. The summed E-state index contributed by atoms with van der Waals surface area (Å²) in [6.45, 7) is 1.23. The predicted octanol–water partition coefficient (Wildman–Crippen LogP) is 4.95. The summed E-state index contributed by atoms with van der Waals surface area (Å²) < 4.78 is 5.72. The summed E-state index contributed by atoms with van der Waals surface area (Å²) in [7, 11) is 0. The lowest BCUT2D eigenvalue weighted by molar-refractivity contribution is -0.235. The number of carboxylic acid groups (broad SMARTS) is 1. The van der Waals surface area contributed by atoms with E-state index in [0.717, 1.165) is 11.1 Å². The van der Waals surface area contributed by atoms with Crippen LogP contribution in [0.1, 0.15) is 41.9 Å². The van der Waals surface area contributed by atoms with Gasteiger partial charge in [-0.15, -0.1) is 0 Å². The molecular formula is C30H29NO7. The van der Waals surface area contributed by atoms with Crippen LogP contribution in [0.25, 0.3) is 0 Å². The van der Waals surface area contributed by atoms with E-state index in [2.05, 4.69) is 10.2 Å². The normalized spacial score (nSPS) is 15.4. The van der Waals surface area contributed by atoms with Crippen molar-refractivity contribution in [2.45, 2.75) is 25.2 Å². The van der Waals surface area contributed by atoms with Gasteiger partial charge in [0, 0.05) is 11.6 Å². The molecule has 0 radical (unpaired) electrons.